The molecule has 0 aliphatic rings. The second kappa shape index (κ2) is 10.9. The van der Waals surface area contributed by atoms with Gasteiger partial charge in [0.2, 0.25) is 0 Å². The molecule has 0 atom stereocenters. The van der Waals surface area contributed by atoms with Gasteiger partial charge in [-0.2, -0.15) is 0 Å². The predicted octanol–water partition coefficient (Wildman–Crippen LogP) is 2.82. The van der Waals surface area contributed by atoms with Crippen LogP contribution < -0.4 is 10.6 Å². The summed E-state index contributed by atoms with van der Waals surface area (Å²) in [6, 6.07) is 6.65. The first-order valence-electron chi connectivity index (χ1n) is 8.54. The Hall–Kier alpha value is -1.90. The van der Waals surface area contributed by atoms with Gasteiger partial charge in [0.1, 0.15) is 12.4 Å². The van der Waals surface area contributed by atoms with Crippen LogP contribution in [0.15, 0.2) is 35.8 Å². The molecule has 0 unspecified atom stereocenters. The van der Waals surface area contributed by atoms with Crippen LogP contribution in [-0.2, 0) is 20.0 Å². The van der Waals surface area contributed by atoms with Gasteiger partial charge >= 0.3 is 0 Å². The number of nitrogens with one attached hydrogen (secondary N) is 2. The highest BCUT2D eigenvalue weighted by molar-refractivity contribution is 14.0. The second-order valence-electron chi connectivity index (χ2n) is 6.23. The number of benzene rings is 1. The van der Waals surface area contributed by atoms with E-state index in [-0.39, 0.29) is 24.0 Å². The predicted molar refractivity (Wildman–Crippen MR) is 118 cm³/mol. The summed E-state index contributed by atoms with van der Waals surface area (Å²) in [5.74, 6) is 2.48. The first-order chi connectivity index (χ1) is 12.0. The van der Waals surface area contributed by atoms with Gasteiger partial charge in [0.25, 0.3) is 0 Å². The number of aliphatic imine (C=N–C) groups is 1. The molecule has 2 aromatic rings. The van der Waals surface area contributed by atoms with Gasteiger partial charge in [-0.1, -0.05) is 35.4 Å². The fraction of sp³-hybridized carbons (Fsp3) is 0.421. The maximum Gasteiger partial charge on any atom is 0.191 e. The van der Waals surface area contributed by atoms with E-state index in [2.05, 4.69) is 64.4 Å². The van der Waals surface area contributed by atoms with Crippen molar-refractivity contribution in [2.24, 2.45) is 12.0 Å². The number of hydrogen-bond donors (Lipinski definition) is 2. The van der Waals surface area contributed by atoms with Crippen molar-refractivity contribution in [1.82, 2.24) is 25.4 Å². The van der Waals surface area contributed by atoms with Gasteiger partial charge in [0.15, 0.2) is 11.8 Å². The zero-order chi connectivity index (χ0) is 18.2. The molecule has 0 saturated heterocycles. The van der Waals surface area contributed by atoms with Gasteiger partial charge in [-0.05, 0) is 32.8 Å². The van der Waals surface area contributed by atoms with Gasteiger partial charge in [0, 0.05) is 20.1 Å². The monoisotopic (exact) mass is 468 g/mol. The first-order valence-corrected chi connectivity index (χ1v) is 8.54. The molecule has 0 amide bonds. The van der Waals surface area contributed by atoms with E-state index in [1.807, 2.05) is 24.6 Å². The van der Waals surface area contributed by atoms with Crippen LogP contribution in [0.3, 0.4) is 0 Å². The Labute approximate surface area is 173 Å². The van der Waals surface area contributed by atoms with E-state index in [1.54, 1.807) is 0 Å². The lowest BCUT2D eigenvalue weighted by molar-refractivity contribution is 0.757. The Morgan fingerprint density at radius 1 is 1.15 bits per heavy atom. The molecule has 1 aromatic heterocycles. The first kappa shape index (κ1) is 22.1. The van der Waals surface area contributed by atoms with E-state index < -0.39 is 0 Å². The number of guanidine groups is 1. The minimum absolute atomic E-state index is 0. The number of aryl methyl sites for hydroxylation is 3. The molecule has 1 heterocycles. The number of rotatable bonds is 7. The number of hydrogen-bond acceptors (Lipinski definition) is 3. The minimum Gasteiger partial charge on any atom is -0.356 e. The zero-order valence-corrected chi connectivity index (χ0v) is 18.4. The van der Waals surface area contributed by atoms with E-state index >= 15 is 0 Å². The molecule has 0 radical (unpaired) electrons. The van der Waals surface area contributed by atoms with Crippen molar-refractivity contribution in [1.29, 1.82) is 0 Å². The third-order valence-electron chi connectivity index (χ3n) is 3.96. The molecule has 6 nitrogen and oxygen atoms in total. The third-order valence-corrected chi connectivity index (χ3v) is 3.96. The summed E-state index contributed by atoms with van der Waals surface area (Å²) < 4.78 is 1.95. The van der Waals surface area contributed by atoms with Crippen molar-refractivity contribution in [3.63, 3.8) is 0 Å². The summed E-state index contributed by atoms with van der Waals surface area (Å²) in [5.41, 5.74) is 3.93. The largest absolute Gasteiger partial charge is 0.356 e. The van der Waals surface area contributed by atoms with Crippen molar-refractivity contribution in [3.8, 4) is 0 Å². The summed E-state index contributed by atoms with van der Waals surface area (Å²) in [5, 5.41) is 14.8. The summed E-state index contributed by atoms with van der Waals surface area (Å²) in [4.78, 5) is 4.60. The normalized spacial score (nSPS) is 11.0. The topological polar surface area (TPSA) is 67.1 Å². The average molecular weight is 468 g/mol. The quantitative estimate of drug-likeness (QED) is 0.284. The lowest BCUT2D eigenvalue weighted by atomic mass is 10.1. The Kier molecular flexibility index (Phi) is 9.32. The van der Waals surface area contributed by atoms with Crippen LogP contribution in [0.1, 0.15) is 28.3 Å². The molecule has 0 fully saturated rings. The highest BCUT2D eigenvalue weighted by Gasteiger charge is 2.05. The maximum atomic E-state index is 4.60. The summed E-state index contributed by atoms with van der Waals surface area (Å²) >= 11 is 0. The molecule has 1 aromatic carbocycles. The third kappa shape index (κ3) is 6.78. The molecule has 0 spiro atoms. The minimum atomic E-state index is 0. The van der Waals surface area contributed by atoms with Crippen molar-refractivity contribution >= 4 is 29.9 Å². The van der Waals surface area contributed by atoms with E-state index in [1.165, 1.54) is 16.7 Å². The van der Waals surface area contributed by atoms with Gasteiger partial charge in [0.05, 0.1) is 0 Å². The van der Waals surface area contributed by atoms with Crippen LogP contribution in [-0.4, -0.2) is 33.8 Å². The van der Waals surface area contributed by atoms with Crippen molar-refractivity contribution < 1.29 is 0 Å². The Morgan fingerprint density at radius 3 is 2.42 bits per heavy atom. The number of halogens is 1. The van der Waals surface area contributed by atoms with Crippen molar-refractivity contribution in [3.05, 3.63) is 59.2 Å². The highest BCUT2D eigenvalue weighted by atomic mass is 127. The van der Waals surface area contributed by atoms with Crippen LogP contribution in [0.2, 0.25) is 0 Å². The molecular weight excluding hydrogens is 439 g/mol. The van der Waals surface area contributed by atoms with Crippen molar-refractivity contribution in [2.45, 2.75) is 33.7 Å². The molecule has 0 saturated carbocycles. The molecule has 0 aliphatic carbocycles. The van der Waals surface area contributed by atoms with E-state index in [4.69, 9.17) is 0 Å². The Balaban J connectivity index is 0.00000338. The molecule has 0 aliphatic heterocycles. The Bertz CT molecular complexity index is 730. The average Bonchev–Trinajstić information content (AvgIpc) is 2.88. The van der Waals surface area contributed by atoms with E-state index in [9.17, 15) is 0 Å². The van der Waals surface area contributed by atoms with Gasteiger partial charge in [-0.3, -0.25) is 0 Å². The number of aromatic nitrogens is 3. The van der Waals surface area contributed by atoms with Gasteiger partial charge in [-0.15, -0.1) is 40.8 Å². The van der Waals surface area contributed by atoms with E-state index in [0.29, 0.717) is 13.1 Å². The van der Waals surface area contributed by atoms with Gasteiger partial charge in [-0.25, -0.2) is 4.99 Å². The molecule has 7 heteroatoms. The van der Waals surface area contributed by atoms with E-state index in [0.717, 1.165) is 30.6 Å². The SMILES string of the molecule is C=CCNC(=NCc1nnc(C)n1C)NCCc1cc(C)cc(C)c1.I. The molecule has 2 rings (SSSR count). The zero-order valence-electron chi connectivity index (χ0n) is 16.0. The summed E-state index contributed by atoms with van der Waals surface area (Å²) in [7, 11) is 1.95. The maximum absolute atomic E-state index is 4.60. The van der Waals surface area contributed by atoms with Crippen LogP contribution in [0.4, 0.5) is 0 Å². The molecular formula is C19H29IN6. The van der Waals surface area contributed by atoms with Crippen LogP contribution in [0.5, 0.6) is 0 Å². The molecule has 142 valence electrons. The highest BCUT2D eigenvalue weighted by Crippen LogP contribution is 2.09. The molecule has 0 bridgehead atoms. The fourth-order valence-electron chi connectivity index (χ4n) is 2.62. The van der Waals surface area contributed by atoms with Crippen LogP contribution in [0, 0.1) is 20.8 Å². The lowest BCUT2D eigenvalue weighted by Crippen LogP contribution is -2.38. The second-order valence-corrected chi connectivity index (χ2v) is 6.23. The fourth-order valence-corrected chi connectivity index (χ4v) is 2.62. The lowest BCUT2D eigenvalue weighted by Gasteiger charge is -2.12. The summed E-state index contributed by atoms with van der Waals surface area (Å²) in [6.07, 6.45) is 2.76. The standard InChI is InChI=1S/C19H28N6.HI/c1-6-8-20-19(22-13-18-24-23-16(4)25(18)5)21-9-7-17-11-14(2)10-15(3)12-17;/h6,10-12H,1,7-9,13H2,2-5H3,(H2,20,21,22);1H. The summed E-state index contributed by atoms with van der Waals surface area (Å²) in [6.45, 7) is 11.9. The van der Waals surface area contributed by atoms with Crippen LogP contribution in [0.25, 0.3) is 0 Å². The number of nitrogens with zero attached hydrogens (tertiary/aromatic N) is 4. The van der Waals surface area contributed by atoms with Crippen LogP contribution >= 0.6 is 24.0 Å². The molecule has 26 heavy (non-hydrogen) atoms. The van der Waals surface area contributed by atoms with Gasteiger partial charge < -0.3 is 15.2 Å². The smallest absolute Gasteiger partial charge is 0.191 e. The Morgan fingerprint density at radius 2 is 1.85 bits per heavy atom. The van der Waals surface area contributed by atoms with Crippen molar-refractivity contribution in [2.75, 3.05) is 13.1 Å². The molecule has 2 N–H and O–H groups in total.